The molecule has 3 aliphatic rings. The van der Waals surface area contributed by atoms with E-state index in [1.807, 2.05) is 30.3 Å². The van der Waals surface area contributed by atoms with E-state index < -0.39 is 8.32 Å². The Morgan fingerprint density at radius 1 is 1.17 bits per heavy atom. The van der Waals surface area contributed by atoms with Gasteiger partial charge in [-0.25, -0.2) is 0 Å². The van der Waals surface area contributed by atoms with Crippen molar-refractivity contribution in [2.45, 2.75) is 58.2 Å². The number of carbonyl (C=O) groups is 1. The molecule has 0 heterocycles. The summed E-state index contributed by atoms with van der Waals surface area (Å²) < 4.78 is 6.43. The fraction of sp³-hybridized carbons (Fsp3) is 0.650. The summed E-state index contributed by atoms with van der Waals surface area (Å²) in [5.41, 5.74) is 0.810. The van der Waals surface area contributed by atoms with Crippen LogP contribution < -0.4 is 0 Å². The zero-order valence-electron chi connectivity index (χ0n) is 15.2. The molecule has 2 nitrogen and oxygen atoms in total. The van der Waals surface area contributed by atoms with Gasteiger partial charge in [-0.3, -0.25) is 4.79 Å². The Morgan fingerprint density at radius 3 is 2.35 bits per heavy atom. The van der Waals surface area contributed by atoms with Crippen LogP contribution in [0.1, 0.15) is 50.4 Å². The molecule has 0 spiro atoms. The second-order valence-electron chi connectivity index (χ2n) is 9.18. The molecule has 23 heavy (non-hydrogen) atoms. The summed E-state index contributed by atoms with van der Waals surface area (Å²) in [5, 5.41) is 0.256. The van der Waals surface area contributed by atoms with Crippen LogP contribution in [0.15, 0.2) is 30.3 Å². The summed E-state index contributed by atoms with van der Waals surface area (Å²) >= 11 is 0. The molecule has 126 valence electrons. The maximum absolute atomic E-state index is 12.9. The lowest BCUT2D eigenvalue weighted by Crippen LogP contribution is -2.42. The van der Waals surface area contributed by atoms with Crippen LogP contribution in [-0.2, 0) is 4.43 Å². The Kier molecular flexibility index (Phi) is 4.09. The van der Waals surface area contributed by atoms with Crippen LogP contribution in [0.3, 0.4) is 0 Å². The van der Waals surface area contributed by atoms with Gasteiger partial charge in [0.05, 0.1) is 0 Å². The molecular formula is C20H30O2Si. The highest BCUT2D eigenvalue weighted by Crippen LogP contribution is 2.63. The summed E-state index contributed by atoms with van der Waals surface area (Å²) in [6, 6.07) is 9.83. The van der Waals surface area contributed by atoms with E-state index in [0.29, 0.717) is 17.6 Å². The van der Waals surface area contributed by atoms with Crippen molar-refractivity contribution < 1.29 is 9.22 Å². The van der Waals surface area contributed by atoms with E-state index >= 15 is 0 Å². The number of hydrogen-bond acceptors (Lipinski definition) is 2. The summed E-state index contributed by atoms with van der Waals surface area (Å²) in [7, 11) is -1.68. The predicted molar refractivity (Wildman–Crippen MR) is 97.2 cm³/mol. The van der Waals surface area contributed by atoms with Crippen LogP contribution in [0.2, 0.25) is 18.1 Å². The Hall–Kier alpha value is -0.933. The number of rotatable bonds is 5. The Bertz CT molecular complexity index is 579. The summed E-state index contributed by atoms with van der Waals surface area (Å²) in [5.74, 6) is 1.65. The molecule has 1 aromatic carbocycles. The van der Waals surface area contributed by atoms with Crippen molar-refractivity contribution in [1.29, 1.82) is 0 Å². The van der Waals surface area contributed by atoms with Crippen LogP contribution in [-0.4, -0.2) is 20.7 Å². The molecule has 0 aromatic heterocycles. The quantitative estimate of drug-likeness (QED) is 0.540. The number of carbonyl (C=O) groups excluding carboxylic acids is 1. The first kappa shape index (κ1) is 16.9. The third-order valence-corrected chi connectivity index (χ3v) is 11.1. The second kappa shape index (κ2) is 5.56. The monoisotopic (exact) mass is 330 g/mol. The van der Waals surface area contributed by atoms with Crippen LogP contribution in [0, 0.1) is 17.3 Å². The van der Waals surface area contributed by atoms with E-state index in [4.69, 9.17) is 4.43 Å². The van der Waals surface area contributed by atoms with Crippen LogP contribution in [0.25, 0.3) is 0 Å². The number of hydrogen-bond donors (Lipinski definition) is 0. The molecule has 0 amide bonds. The fourth-order valence-corrected chi connectivity index (χ4v) is 5.08. The van der Waals surface area contributed by atoms with Gasteiger partial charge in [-0.1, -0.05) is 51.1 Å². The predicted octanol–water partition coefficient (Wildman–Crippen LogP) is 5.31. The first-order chi connectivity index (χ1) is 10.6. The van der Waals surface area contributed by atoms with E-state index in [2.05, 4.69) is 33.9 Å². The number of fused-ring (bicyclic) bond motifs is 1. The van der Waals surface area contributed by atoms with Gasteiger partial charge in [-0.05, 0) is 49.2 Å². The molecule has 0 radical (unpaired) electrons. The van der Waals surface area contributed by atoms with Crippen molar-refractivity contribution in [2.24, 2.45) is 17.3 Å². The van der Waals surface area contributed by atoms with Gasteiger partial charge in [0.15, 0.2) is 14.1 Å². The molecule has 0 N–H and O–H groups in total. The van der Waals surface area contributed by atoms with Crippen LogP contribution >= 0.6 is 0 Å². The highest BCUT2D eigenvalue weighted by molar-refractivity contribution is 6.74. The van der Waals surface area contributed by atoms with Gasteiger partial charge in [-0.2, -0.15) is 0 Å². The molecule has 0 saturated heterocycles. The molecule has 3 heteroatoms. The van der Waals surface area contributed by atoms with Crippen LogP contribution in [0.5, 0.6) is 0 Å². The van der Waals surface area contributed by atoms with Gasteiger partial charge >= 0.3 is 0 Å². The van der Waals surface area contributed by atoms with E-state index in [9.17, 15) is 4.79 Å². The highest BCUT2D eigenvalue weighted by Gasteiger charge is 2.60. The van der Waals surface area contributed by atoms with Crippen LogP contribution in [0.4, 0.5) is 0 Å². The minimum absolute atomic E-state index is 0.0759. The molecule has 3 aliphatic carbocycles. The van der Waals surface area contributed by atoms with Gasteiger partial charge in [0, 0.05) is 17.6 Å². The molecular weight excluding hydrogens is 300 g/mol. The molecule has 2 bridgehead atoms. The Balaban J connectivity index is 1.62. The van der Waals surface area contributed by atoms with Crippen molar-refractivity contribution in [2.75, 3.05) is 6.61 Å². The lowest BCUT2D eigenvalue weighted by molar-refractivity contribution is 0.0631. The van der Waals surface area contributed by atoms with Gasteiger partial charge in [0.1, 0.15) is 0 Å². The zero-order valence-corrected chi connectivity index (χ0v) is 16.2. The number of Topliss-reactive ketones (excluding diaryl/α,β-unsaturated/α-hetero) is 1. The first-order valence-corrected chi connectivity index (χ1v) is 11.8. The minimum atomic E-state index is -1.68. The maximum Gasteiger partial charge on any atom is 0.191 e. The van der Waals surface area contributed by atoms with Gasteiger partial charge in [0.2, 0.25) is 0 Å². The summed E-state index contributed by atoms with van der Waals surface area (Å²) in [6.45, 7) is 12.3. The smallest absolute Gasteiger partial charge is 0.191 e. The van der Waals surface area contributed by atoms with E-state index in [-0.39, 0.29) is 10.5 Å². The second-order valence-corrected chi connectivity index (χ2v) is 14.0. The van der Waals surface area contributed by atoms with E-state index in [1.165, 1.54) is 0 Å². The van der Waals surface area contributed by atoms with Crippen molar-refractivity contribution in [3.63, 3.8) is 0 Å². The van der Waals surface area contributed by atoms with E-state index in [1.54, 1.807) is 0 Å². The summed E-state index contributed by atoms with van der Waals surface area (Å²) in [4.78, 5) is 12.9. The zero-order chi connectivity index (χ0) is 16.9. The largest absolute Gasteiger partial charge is 0.417 e. The molecule has 0 aliphatic heterocycles. The number of benzene rings is 1. The molecule has 1 atom stereocenters. The molecule has 1 aromatic rings. The van der Waals surface area contributed by atoms with Crippen molar-refractivity contribution in [1.82, 2.24) is 0 Å². The minimum Gasteiger partial charge on any atom is -0.417 e. The van der Waals surface area contributed by atoms with Crippen molar-refractivity contribution >= 4 is 14.1 Å². The first-order valence-electron chi connectivity index (χ1n) is 8.88. The van der Waals surface area contributed by atoms with Crippen molar-refractivity contribution in [3.05, 3.63) is 35.9 Å². The van der Waals surface area contributed by atoms with Gasteiger partial charge < -0.3 is 4.43 Å². The van der Waals surface area contributed by atoms with E-state index in [0.717, 1.165) is 31.4 Å². The van der Waals surface area contributed by atoms with Gasteiger partial charge in [-0.15, -0.1) is 0 Å². The SMILES string of the molecule is CC(C)(C)[Si](C)(C)OCC1CC2(C(=O)c3ccccc3)CC1C2. The lowest BCUT2D eigenvalue weighted by Gasteiger charge is -2.38. The molecule has 1 unspecified atom stereocenters. The topological polar surface area (TPSA) is 26.3 Å². The molecule has 3 fully saturated rings. The maximum atomic E-state index is 12.9. The third-order valence-electron chi connectivity index (χ3n) is 6.61. The normalized spacial score (nSPS) is 30.1. The highest BCUT2D eigenvalue weighted by atomic mass is 28.4. The standard InChI is InChI=1S/C20H30O2Si/c1-19(2,3)23(4,5)22-14-17-13-20(11-16(17)12-20)18(21)15-9-7-6-8-10-15/h6-10,16-17H,11-14H2,1-5H3. The average molecular weight is 331 g/mol. The third kappa shape index (κ3) is 2.94. The van der Waals surface area contributed by atoms with Crippen molar-refractivity contribution in [3.8, 4) is 0 Å². The number of ketones is 1. The fourth-order valence-electron chi connectivity index (χ4n) is 4.01. The Morgan fingerprint density at radius 2 is 1.78 bits per heavy atom. The summed E-state index contributed by atoms with van der Waals surface area (Å²) in [6.07, 6.45) is 3.18. The average Bonchev–Trinajstić information content (AvgIpc) is 2.99. The molecule has 3 saturated carbocycles. The lowest BCUT2D eigenvalue weighted by atomic mass is 9.65. The Labute approximate surface area is 141 Å². The molecule has 4 rings (SSSR count). The van der Waals surface area contributed by atoms with Gasteiger partial charge in [0.25, 0.3) is 0 Å².